The lowest BCUT2D eigenvalue weighted by Gasteiger charge is -2.23. The van der Waals surface area contributed by atoms with Crippen molar-refractivity contribution >= 4 is 57.2 Å². The second-order valence-electron chi connectivity index (χ2n) is 9.73. The molecule has 44 heavy (non-hydrogen) atoms. The van der Waals surface area contributed by atoms with Crippen LogP contribution in [0, 0.1) is 0 Å². The number of carbonyl (C=O) groups is 1. The van der Waals surface area contributed by atoms with E-state index in [1.807, 2.05) is 72.8 Å². The molecule has 2 N–H and O–H groups in total. The maximum absolute atomic E-state index is 12.7. The number of urea groups is 1. The average molecular weight is 632 g/mol. The fourth-order valence-electron chi connectivity index (χ4n) is 4.65. The number of rotatable bonds is 12. The first-order valence-electron chi connectivity index (χ1n) is 14.0. The number of nitrogens with zero attached hydrogens (tertiary/aromatic N) is 2. The lowest BCUT2D eigenvalue weighted by molar-refractivity contribution is 0.262. The summed E-state index contributed by atoms with van der Waals surface area (Å²) in [6.07, 6.45) is 0. The second-order valence-corrected chi connectivity index (χ2v) is 10.5. The number of pyridine rings is 1. The van der Waals surface area contributed by atoms with Crippen molar-refractivity contribution in [2.75, 3.05) is 54.6 Å². The lowest BCUT2D eigenvalue weighted by atomic mass is 10.1. The zero-order valence-corrected chi connectivity index (χ0v) is 25.9. The Bertz CT molecular complexity index is 1690. The van der Waals surface area contributed by atoms with Gasteiger partial charge in [-0.05, 0) is 91.0 Å². The van der Waals surface area contributed by atoms with E-state index in [2.05, 4.69) is 15.5 Å². The third-order valence-corrected chi connectivity index (χ3v) is 7.24. The minimum absolute atomic E-state index is 0.360. The van der Waals surface area contributed by atoms with E-state index >= 15 is 0 Å². The van der Waals surface area contributed by atoms with E-state index in [9.17, 15) is 4.79 Å². The van der Waals surface area contributed by atoms with E-state index in [-0.39, 0.29) is 6.03 Å². The molecule has 226 valence electrons. The van der Waals surface area contributed by atoms with Gasteiger partial charge in [-0.1, -0.05) is 0 Å². The number of carbonyl (C=O) groups excluding carboxylic acids is 1. The third kappa shape index (κ3) is 7.64. The quantitative estimate of drug-likeness (QED) is 0.134. The van der Waals surface area contributed by atoms with Crippen LogP contribution in [0.25, 0.3) is 22.2 Å². The molecule has 0 bridgehead atoms. The molecular formula is C34H32Cl2N4O4. The summed E-state index contributed by atoms with van der Waals surface area (Å²) >= 11 is 11.8. The molecule has 10 heteroatoms. The van der Waals surface area contributed by atoms with Crippen LogP contribution in [0.15, 0.2) is 97.1 Å². The molecule has 2 amide bonds. The van der Waals surface area contributed by atoms with Gasteiger partial charge in [0, 0.05) is 58.9 Å². The lowest BCUT2D eigenvalue weighted by Crippen LogP contribution is -2.27. The van der Waals surface area contributed by atoms with Crippen LogP contribution >= 0.6 is 23.2 Å². The zero-order valence-electron chi connectivity index (χ0n) is 24.3. The normalized spacial score (nSPS) is 10.7. The van der Waals surface area contributed by atoms with Crippen molar-refractivity contribution < 1.29 is 19.0 Å². The minimum Gasteiger partial charge on any atom is -0.497 e. The highest BCUT2D eigenvalue weighted by Crippen LogP contribution is 2.36. The first-order chi connectivity index (χ1) is 21.5. The van der Waals surface area contributed by atoms with Crippen molar-refractivity contribution in [2.24, 2.45) is 0 Å². The SMILES string of the molecule is COc1ccc(-c2cc(Oc3ccc(NC(=O)Nc4ccc(N(CCCl)CCCl)cc4)cc3)c3cc(OC)ccc3n2)cc1. The number of anilines is 3. The number of fused-ring (bicyclic) bond motifs is 1. The van der Waals surface area contributed by atoms with Crippen LogP contribution in [0.1, 0.15) is 0 Å². The molecule has 0 spiro atoms. The van der Waals surface area contributed by atoms with Crippen LogP contribution in [0.2, 0.25) is 0 Å². The molecule has 1 aromatic heterocycles. The topological polar surface area (TPSA) is 85.0 Å². The monoisotopic (exact) mass is 630 g/mol. The number of alkyl halides is 2. The average Bonchev–Trinajstić information content (AvgIpc) is 3.05. The zero-order chi connectivity index (χ0) is 30.9. The standard InChI is InChI=1S/C34H32Cl2N4O4/c1-42-27-11-3-23(4-12-27)32-22-33(30-21-29(43-2)15-16-31(30)39-32)44-28-13-7-25(8-14-28)38-34(41)37-24-5-9-26(10-6-24)40(19-17-35)20-18-36/h3-16,21-22H,17-20H2,1-2H3,(H2,37,38,41). The first kappa shape index (κ1) is 30.8. The number of nitrogens with one attached hydrogen (secondary N) is 2. The number of hydrogen-bond acceptors (Lipinski definition) is 6. The van der Waals surface area contributed by atoms with Crippen LogP contribution < -0.4 is 29.7 Å². The summed E-state index contributed by atoms with van der Waals surface area (Å²) < 4.78 is 17.1. The van der Waals surface area contributed by atoms with Gasteiger partial charge in [0.25, 0.3) is 0 Å². The number of aromatic nitrogens is 1. The Morgan fingerprint density at radius 1 is 0.727 bits per heavy atom. The summed E-state index contributed by atoms with van der Waals surface area (Å²) in [4.78, 5) is 19.6. The van der Waals surface area contributed by atoms with Crippen molar-refractivity contribution in [1.29, 1.82) is 0 Å². The summed E-state index contributed by atoms with van der Waals surface area (Å²) in [6.45, 7) is 1.38. The number of ether oxygens (including phenoxy) is 3. The number of benzene rings is 4. The number of hydrogen-bond donors (Lipinski definition) is 2. The summed E-state index contributed by atoms with van der Waals surface area (Å²) in [5.74, 6) is 3.69. The smallest absolute Gasteiger partial charge is 0.323 e. The van der Waals surface area contributed by atoms with Crippen molar-refractivity contribution in [2.45, 2.75) is 0 Å². The van der Waals surface area contributed by atoms with Gasteiger partial charge in [-0.15, -0.1) is 23.2 Å². The molecule has 0 atom stereocenters. The van der Waals surface area contributed by atoms with Gasteiger partial charge in [0.05, 0.1) is 25.4 Å². The Kier molecular flexibility index (Phi) is 10.3. The Morgan fingerprint density at radius 3 is 1.89 bits per heavy atom. The van der Waals surface area contributed by atoms with Crippen molar-refractivity contribution in [3.63, 3.8) is 0 Å². The van der Waals surface area contributed by atoms with E-state index < -0.39 is 0 Å². The summed E-state index contributed by atoms with van der Waals surface area (Å²) in [6, 6.07) is 29.6. The van der Waals surface area contributed by atoms with Gasteiger partial charge in [0.15, 0.2) is 0 Å². The summed E-state index contributed by atoms with van der Waals surface area (Å²) in [5.41, 5.74) is 4.72. The highest BCUT2D eigenvalue weighted by Gasteiger charge is 2.12. The first-order valence-corrected chi connectivity index (χ1v) is 15.0. The minimum atomic E-state index is -0.360. The molecule has 0 aliphatic carbocycles. The molecule has 5 rings (SSSR count). The van der Waals surface area contributed by atoms with E-state index in [4.69, 9.17) is 42.4 Å². The molecule has 0 aliphatic rings. The van der Waals surface area contributed by atoms with Crippen LogP contribution in [-0.4, -0.2) is 50.1 Å². The largest absolute Gasteiger partial charge is 0.497 e. The second kappa shape index (κ2) is 14.7. The van der Waals surface area contributed by atoms with Crippen molar-refractivity contribution in [3.05, 3.63) is 97.1 Å². The molecule has 0 saturated carbocycles. The predicted octanol–water partition coefficient (Wildman–Crippen LogP) is 8.64. The molecule has 0 unspecified atom stereocenters. The molecule has 0 aliphatic heterocycles. The van der Waals surface area contributed by atoms with E-state index in [1.54, 1.807) is 38.5 Å². The van der Waals surface area contributed by atoms with E-state index in [0.717, 1.165) is 33.6 Å². The number of methoxy groups -OCH3 is 2. The van der Waals surface area contributed by atoms with Gasteiger partial charge in [0.1, 0.15) is 23.0 Å². The third-order valence-electron chi connectivity index (χ3n) is 6.90. The van der Waals surface area contributed by atoms with Gasteiger partial charge < -0.3 is 29.7 Å². The molecule has 0 radical (unpaired) electrons. The Labute approximate surface area is 266 Å². The summed E-state index contributed by atoms with van der Waals surface area (Å²) in [5, 5.41) is 6.52. The Hall–Kier alpha value is -4.66. The van der Waals surface area contributed by atoms with Gasteiger partial charge in [-0.25, -0.2) is 9.78 Å². The Balaban J connectivity index is 1.29. The predicted molar refractivity (Wildman–Crippen MR) is 180 cm³/mol. The van der Waals surface area contributed by atoms with Crippen LogP contribution in [0.5, 0.6) is 23.0 Å². The van der Waals surface area contributed by atoms with Crippen LogP contribution in [-0.2, 0) is 0 Å². The number of amides is 2. The molecule has 0 saturated heterocycles. The molecule has 8 nitrogen and oxygen atoms in total. The van der Waals surface area contributed by atoms with Gasteiger partial charge in [-0.3, -0.25) is 0 Å². The number of halogens is 2. The highest BCUT2D eigenvalue weighted by molar-refractivity contribution is 6.18. The fourth-order valence-corrected chi connectivity index (χ4v) is 5.06. The molecule has 5 aromatic rings. The fraction of sp³-hybridized carbons (Fsp3) is 0.176. The molecule has 4 aromatic carbocycles. The van der Waals surface area contributed by atoms with Crippen molar-refractivity contribution in [3.8, 4) is 34.3 Å². The van der Waals surface area contributed by atoms with Gasteiger partial charge in [-0.2, -0.15) is 0 Å². The molecular weight excluding hydrogens is 599 g/mol. The van der Waals surface area contributed by atoms with Crippen LogP contribution in [0.4, 0.5) is 21.9 Å². The van der Waals surface area contributed by atoms with E-state index in [1.165, 1.54) is 0 Å². The van der Waals surface area contributed by atoms with Gasteiger partial charge >= 0.3 is 6.03 Å². The highest BCUT2D eigenvalue weighted by atomic mass is 35.5. The van der Waals surface area contributed by atoms with Crippen LogP contribution in [0.3, 0.4) is 0 Å². The van der Waals surface area contributed by atoms with Gasteiger partial charge in [0.2, 0.25) is 0 Å². The maximum atomic E-state index is 12.7. The van der Waals surface area contributed by atoms with E-state index in [0.29, 0.717) is 53.5 Å². The Morgan fingerprint density at radius 2 is 1.30 bits per heavy atom. The molecule has 0 fully saturated rings. The maximum Gasteiger partial charge on any atom is 0.323 e. The van der Waals surface area contributed by atoms with Crippen molar-refractivity contribution in [1.82, 2.24) is 4.98 Å². The molecule has 1 heterocycles. The summed E-state index contributed by atoms with van der Waals surface area (Å²) in [7, 11) is 3.26.